The number of aliphatic hydroxyl groups is 1. The highest BCUT2D eigenvalue weighted by Gasteiger charge is 2.14. The molecule has 4 heteroatoms. The van der Waals surface area contributed by atoms with Gasteiger partial charge in [0.15, 0.2) is 0 Å². The molecule has 0 aliphatic carbocycles. The van der Waals surface area contributed by atoms with Gasteiger partial charge < -0.3 is 9.84 Å². The zero-order valence-corrected chi connectivity index (χ0v) is 13.6. The number of halogens is 2. The highest BCUT2D eigenvalue weighted by molar-refractivity contribution is 9.10. The Labute approximate surface area is 132 Å². The van der Waals surface area contributed by atoms with E-state index < -0.39 is 6.10 Å². The first-order valence-electron chi connectivity index (χ1n) is 6.37. The van der Waals surface area contributed by atoms with E-state index in [9.17, 15) is 5.11 Å². The second kappa shape index (κ2) is 6.61. The van der Waals surface area contributed by atoms with E-state index >= 15 is 0 Å². The van der Waals surface area contributed by atoms with Gasteiger partial charge in [0.1, 0.15) is 11.9 Å². The quantitative estimate of drug-likeness (QED) is 0.839. The molecule has 0 bridgehead atoms. The summed E-state index contributed by atoms with van der Waals surface area (Å²) in [6.45, 7) is 3.96. The molecule has 1 atom stereocenters. The minimum atomic E-state index is -0.726. The number of benzene rings is 2. The Kier molecular flexibility index (Phi) is 5.08. The molecule has 20 heavy (non-hydrogen) atoms. The molecule has 0 heterocycles. The van der Waals surface area contributed by atoms with Crippen molar-refractivity contribution in [3.05, 3.63) is 63.1 Å². The van der Waals surface area contributed by atoms with Crippen molar-refractivity contribution < 1.29 is 9.84 Å². The molecule has 0 saturated heterocycles. The van der Waals surface area contributed by atoms with Crippen LogP contribution in [0.2, 0.25) is 5.02 Å². The molecule has 0 fully saturated rings. The topological polar surface area (TPSA) is 29.5 Å². The number of ether oxygens (including phenoxy) is 1. The Morgan fingerprint density at radius 1 is 1.10 bits per heavy atom. The monoisotopic (exact) mass is 354 g/mol. The van der Waals surface area contributed by atoms with E-state index in [1.165, 1.54) is 0 Å². The predicted octanol–water partition coefficient (Wildman–Crippen LogP) is 4.97. The van der Waals surface area contributed by atoms with Crippen LogP contribution < -0.4 is 4.74 Å². The van der Waals surface area contributed by atoms with E-state index in [2.05, 4.69) is 15.9 Å². The van der Waals surface area contributed by atoms with Crippen molar-refractivity contribution in [3.63, 3.8) is 0 Å². The summed E-state index contributed by atoms with van der Waals surface area (Å²) < 4.78 is 6.42. The van der Waals surface area contributed by atoms with Crippen LogP contribution in [-0.2, 0) is 0 Å². The van der Waals surface area contributed by atoms with Gasteiger partial charge in [-0.1, -0.05) is 39.7 Å². The summed E-state index contributed by atoms with van der Waals surface area (Å²) in [7, 11) is 0. The maximum atomic E-state index is 10.4. The summed E-state index contributed by atoms with van der Waals surface area (Å²) >= 11 is 9.41. The second-order valence-corrected chi connectivity index (χ2v) is 6.09. The molecule has 2 aromatic rings. The third-order valence-corrected chi connectivity index (χ3v) is 3.78. The molecule has 1 N–H and O–H groups in total. The van der Waals surface area contributed by atoms with E-state index in [1.807, 2.05) is 44.2 Å². The van der Waals surface area contributed by atoms with Gasteiger partial charge in [0, 0.05) is 15.1 Å². The third kappa shape index (κ3) is 3.75. The molecular formula is C16H16BrClO2. The SMILES string of the molecule is CC(C)Oc1ccc(C(O)c2cc(Cl)ccc2Br)cc1. The maximum Gasteiger partial charge on any atom is 0.119 e. The lowest BCUT2D eigenvalue weighted by atomic mass is 10.0. The molecule has 0 spiro atoms. The zero-order chi connectivity index (χ0) is 14.7. The van der Waals surface area contributed by atoms with Crippen molar-refractivity contribution in [3.8, 4) is 5.75 Å². The fourth-order valence-electron chi connectivity index (χ4n) is 1.90. The summed E-state index contributed by atoms with van der Waals surface area (Å²) in [6, 6.07) is 12.8. The van der Waals surface area contributed by atoms with E-state index in [0.717, 1.165) is 21.3 Å². The highest BCUT2D eigenvalue weighted by Crippen LogP contribution is 2.31. The largest absolute Gasteiger partial charge is 0.491 e. The normalized spacial score (nSPS) is 12.5. The Morgan fingerprint density at radius 3 is 2.35 bits per heavy atom. The lowest BCUT2D eigenvalue weighted by Gasteiger charge is -2.15. The first kappa shape index (κ1) is 15.4. The smallest absolute Gasteiger partial charge is 0.119 e. The Bertz CT molecular complexity index is 582. The third-order valence-electron chi connectivity index (χ3n) is 2.82. The van der Waals surface area contributed by atoms with Crippen molar-refractivity contribution in [1.82, 2.24) is 0 Å². The van der Waals surface area contributed by atoms with Gasteiger partial charge in [0.05, 0.1) is 6.10 Å². The molecule has 0 radical (unpaired) electrons. The van der Waals surface area contributed by atoms with Gasteiger partial charge in [-0.25, -0.2) is 0 Å². The second-order valence-electron chi connectivity index (χ2n) is 4.80. The molecule has 2 rings (SSSR count). The van der Waals surface area contributed by atoms with Crippen LogP contribution in [0.3, 0.4) is 0 Å². The van der Waals surface area contributed by atoms with E-state index in [0.29, 0.717) is 5.02 Å². The van der Waals surface area contributed by atoms with Gasteiger partial charge >= 0.3 is 0 Å². The van der Waals surface area contributed by atoms with Gasteiger partial charge in [0.2, 0.25) is 0 Å². The highest BCUT2D eigenvalue weighted by atomic mass is 79.9. The Balaban J connectivity index is 2.24. The molecule has 0 aliphatic rings. The van der Waals surface area contributed by atoms with Gasteiger partial charge in [-0.15, -0.1) is 0 Å². The van der Waals surface area contributed by atoms with Crippen LogP contribution in [0.4, 0.5) is 0 Å². The van der Waals surface area contributed by atoms with Crippen LogP contribution in [0.1, 0.15) is 31.1 Å². The van der Waals surface area contributed by atoms with Crippen LogP contribution in [-0.4, -0.2) is 11.2 Å². The molecule has 0 amide bonds. The molecule has 0 saturated carbocycles. The summed E-state index contributed by atoms with van der Waals surface area (Å²) in [5, 5.41) is 11.0. The zero-order valence-electron chi connectivity index (χ0n) is 11.3. The fraction of sp³-hybridized carbons (Fsp3) is 0.250. The summed E-state index contributed by atoms with van der Waals surface area (Å²) in [5.74, 6) is 0.793. The molecular weight excluding hydrogens is 340 g/mol. The van der Waals surface area contributed by atoms with Crippen LogP contribution in [0, 0.1) is 0 Å². The number of hydrogen-bond acceptors (Lipinski definition) is 2. The van der Waals surface area contributed by atoms with Crippen LogP contribution in [0.25, 0.3) is 0 Å². The first-order valence-corrected chi connectivity index (χ1v) is 7.54. The number of hydrogen-bond donors (Lipinski definition) is 1. The van der Waals surface area contributed by atoms with Crippen molar-refractivity contribution in [2.75, 3.05) is 0 Å². The predicted molar refractivity (Wildman–Crippen MR) is 85.4 cm³/mol. The van der Waals surface area contributed by atoms with E-state index in [-0.39, 0.29) is 6.10 Å². The van der Waals surface area contributed by atoms with E-state index in [1.54, 1.807) is 12.1 Å². The first-order chi connectivity index (χ1) is 9.47. The summed E-state index contributed by atoms with van der Waals surface area (Å²) in [4.78, 5) is 0. The van der Waals surface area contributed by atoms with Crippen LogP contribution in [0.5, 0.6) is 5.75 Å². The van der Waals surface area contributed by atoms with Crippen molar-refractivity contribution >= 4 is 27.5 Å². The molecule has 2 aromatic carbocycles. The lowest BCUT2D eigenvalue weighted by Crippen LogP contribution is -2.06. The average Bonchev–Trinajstić information content (AvgIpc) is 2.41. The van der Waals surface area contributed by atoms with Crippen molar-refractivity contribution in [2.45, 2.75) is 26.1 Å². The molecule has 0 aromatic heterocycles. The molecule has 1 unspecified atom stereocenters. The standard InChI is InChI=1S/C16H16BrClO2/c1-10(2)20-13-6-3-11(4-7-13)16(19)14-9-12(18)5-8-15(14)17/h3-10,16,19H,1-2H3. The average molecular weight is 356 g/mol. The van der Waals surface area contributed by atoms with Crippen LogP contribution >= 0.6 is 27.5 Å². The number of aliphatic hydroxyl groups excluding tert-OH is 1. The van der Waals surface area contributed by atoms with Gasteiger partial charge in [-0.3, -0.25) is 0 Å². The van der Waals surface area contributed by atoms with E-state index in [4.69, 9.17) is 16.3 Å². The summed E-state index contributed by atoms with van der Waals surface area (Å²) in [5.41, 5.74) is 1.54. The van der Waals surface area contributed by atoms with Gasteiger partial charge in [-0.2, -0.15) is 0 Å². The summed E-state index contributed by atoms with van der Waals surface area (Å²) in [6.07, 6.45) is -0.593. The van der Waals surface area contributed by atoms with Crippen molar-refractivity contribution in [1.29, 1.82) is 0 Å². The lowest BCUT2D eigenvalue weighted by molar-refractivity contribution is 0.218. The minimum Gasteiger partial charge on any atom is -0.491 e. The molecule has 106 valence electrons. The van der Waals surface area contributed by atoms with Gasteiger partial charge in [-0.05, 0) is 49.7 Å². The minimum absolute atomic E-state index is 0.132. The Hall–Kier alpha value is -1.03. The fourth-order valence-corrected chi connectivity index (χ4v) is 2.55. The van der Waals surface area contributed by atoms with Crippen LogP contribution in [0.15, 0.2) is 46.9 Å². The molecule has 2 nitrogen and oxygen atoms in total. The number of rotatable bonds is 4. The molecule has 0 aliphatic heterocycles. The maximum absolute atomic E-state index is 10.4. The van der Waals surface area contributed by atoms with Gasteiger partial charge in [0.25, 0.3) is 0 Å². The van der Waals surface area contributed by atoms with Crippen molar-refractivity contribution in [2.24, 2.45) is 0 Å². The Morgan fingerprint density at radius 2 is 1.75 bits per heavy atom.